The van der Waals surface area contributed by atoms with Crippen LogP contribution < -0.4 is 0 Å². The molecule has 2 aromatic carbocycles. The highest BCUT2D eigenvalue weighted by atomic mass is 19.4. The summed E-state index contributed by atoms with van der Waals surface area (Å²) in [5.41, 5.74) is -2.09. The summed E-state index contributed by atoms with van der Waals surface area (Å²) < 4.78 is 57.2. The van der Waals surface area contributed by atoms with Crippen LogP contribution in [-0.4, -0.2) is 23.9 Å². The van der Waals surface area contributed by atoms with Crippen molar-refractivity contribution in [1.82, 2.24) is 0 Å². The Hall–Kier alpha value is -3.16. The minimum absolute atomic E-state index is 0.0113. The number of ether oxygens (including phenoxy) is 1. The van der Waals surface area contributed by atoms with Crippen molar-refractivity contribution in [2.24, 2.45) is 4.99 Å². The van der Waals surface area contributed by atoms with E-state index in [1.807, 2.05) is 0 Å². The minimum atomic E-state index is -4.84. The molecule has 0 saturated heterocycles. The van der Waals surface area contributed by atoms with Crippen molar-refractivity contribution in [3.8, 4) is 0 Å². The highest BCUT2D eigenvalue weighted by Crippen LogP contribution is 2.36. The summed E-state index contributed by atoms with van der Waals surface area (Å²) in [5, 5.41) is 10.3. The Morgan fingerprint density at radius 3 is 2.44 bits per heavy atom. The van der Waals surface area contributed by atoms with E-state index < -0.39 is 40.5 Å². The van der Waals surface area contributed by atoms with Crippen LogP contribution in [0.4, 0.5) is 23.2 Å². The second kappa shape index (κ2) is 8.48. The van der Waals surface area contributed by atoms with E-state index in [-0.39, 0.29) is 12.2 Å². The van der Waals surface area contributed by atoms with Crippen molar-refractivity contribution in [3.63, 3.8) is 0 Å². The van der Waals surface area contributed by atoms with Crippen molar-refractivity contribution in [2.75, 3.05) is 6.61 Å². The number of esters is 1. The summed E-state index contributed by atoms with van der Waals surface area (Å²) in [7, 11) is 0. The quantitative estimate of drug-likeness (QED) is 0.258. The predicted octanol–water partition coefficient (Wildman–Crippen LogP) is 5.08. The summed E-state index contributed by atoms with van der Waals surface area (Å²) in [5.74, 6) is -2.54. The highest BCUT2D eigenvalue weighted by Gasteiger charge is 2.34. The molecule has 0 aliphatic carbocycles. The first-order chi connectivity index (χ1) is 12.7. The molecule has 0 radical (unpaired) electrons. The Morgan fingerprint density at radius 1 is 1.19 bits per heavy atom. The first-order valence-electron chi connectivity index (χ1n) is 7.80. The standard InChI is InChI=1S/C19H15F4NO3/c1-2-27-18(26)14(17(25)12-6-4-3-5-7-12)11-24-16-9-8-13(20)10-15(16)19(21,22)23/h3-11,25H,2H2,1H3. The van der Waals surface area contributed by atoms with Crippen molar-refractivity contribution in [3.05, 3.63) is 71.0 Å². The lowest BCUT2D eigenvalue weighted by atomic mass is 10.1. The zero-order valence-corrected chi connectivity index (χ0v) is 14.1. The van der Waals surface area contributed by atoms with E-state index in [1.54, 1.807) is 18.2 Å². The van der Waals surface area contributed by atoms with Gasteiger partial charge in [0.2, 0.25) is 0 Å². The SMILES string of the molecule is CCOC(=O)C(C=Nc1ccc(F)cc1C(F)(F)F)=C(O)c1ccccc1. The van der Waals surface area contributed by atoms with Gasteiger partial charge in [-0.15, -0.1) is 0 Å². The monoisotopic (exact) mass is 381 g/mol. The molecule has 0 aromatic heterocycles. The Labute approximate surface area is 152 Å². The number of hydrogen-bond donors (Lipinski definition) is 1. The maximum Gasteiger partial charge on any atom is 0.418 e. The van der Waals surface area contributed by atoms with Gasteiger partial charge in [0.05, 0.1) is 17.9 Å². The lowest BCUT2D eigenvalue weighted by molar-refractivity contribution is -0.138. The summed E-state index contributed by atoms with van der Waals surface area (Å²) in [6.45, 7) is 1.52. The van der Waals surface area contributed by atoms with Crippen LogP contribution in [0.15, 0.2) is 59.1 Å². The first-order valence-corrected chi connectivity index (χ1v) is 7.80. The van der Waals surface area contributed by atoms with Crippen LogP contribution in [0.25, 0.3) is 5.76 Å². The van der Waals surface area contributed by atoms with Gasteiger partial charge in [-0.25, -0.2) is 9.18 Å². The Kier molecular flexibility index (Phi) is 6.33. The molecule has 2 aromatic rings. The fraction of sp³-hybridized carbons (Fsp3) is 0.158. The van der Waals surface area contributed by atoms with E-state index >= 15 is 0 Å². The van der Waals surface area contributed by atoms with Crippen LogP contribution >= 0.6 is 0 Å². The Morgan fingerprint density at radius 2 is 1.85 bits per heavy atom. The number of alkyl halides is 3. The largest absolute Gasteiger partial charge is 0.506 e. The zero-order valence-electron chi connectivity index (χ0n) is 14.1. The third kappa shape index (κ3) is 5.16. The molecule has 0 bridgehead atoms. The molecule has 0 fully saturated rings. The minimum Gasteiger partial charge on any atom is -0.506 e. The molecule has 0 saturated carbocycles. The third-order valence-corrected chi connectivity index (χ3v) is 3.39. The van der Waals surface area contributed by atoms with Crippen molar-refractivity contribution in [1.29, 1.82) is 0 Å². The maximum atomic E-state index is 13.2. The van der Waals surface area contributed by atoms with Gasteiger partial charge in [-0.2, -0.15) is 13.2 Å². The van der Waals surface area contributed by atoms with Gasteiger partial charge in [0.1, 0.15) is 17.1 Å². The number of aliphatic imine (C=N–C) groups is 1. The number of aliphatic hydroxyl groups excluding tert-OH is 1. The van der Waals surface area contributed by atoms with Gasteiger partial charge >= 0.3 is 12.1 Å². The van der Waals surface area contributed by atoms with E-state index in [2.05, 4.69) is 4.99 Å². The summed E-state index contributed by atoms with van der Waals surface area (Å²) in [4.78, 5) is 15.7. The molecule has 2 rings (SSSR count). The van der Waals surface area contributed by atoms with Crippen molar-refractivity contribution in [2.45, 2.75) is 13.1 Å². The smallest absolute Gasteiger partial charge is 0.418 e. The molecule has 0 heterocycles. The van der Waals surface area contributed by atoms with Crippen LogP contribution in [0.1, 0.15) is 18.1 Å². The molecular weight excluding hydrogens is 366 g/mol. The van der Waals surface area contributed by atoms with Gasteiger partial charge in [-0.05, 0) is 25.1 Å². The van der Waals surface area contributed by atoms with Gasteiger partial charge < -0.3 is 9.84 Å². The molecule has 27 heavy (non-hydrogen) atoms. The van der Waals surface area contributed by atoms with Crippen molar-refractivity contribution >= 4 is 23.6 Å². The highest BCUT2D eigenvalue weighted by molar-refractivity contribution is 6.15. The number of hydrogen-bond acceptors (Lipinski definition) is 4. The number of benzene rings is 2. The molecule has 0 aliphatic heterocycles. The molecule has 0 amide bonds. The average Bonchev–Trinajstić information content (AvgIpc) is 2.63. The van der Waals surface area contributed by atoms with Crippen molar-refractivity contribution < 1.29 is 32.2 Å². The third-order valence-electron chi connectivity index (χ3n) is 3.39. The number of rotatable bonds is 5. The fourth-order valence-corrected chi connectivity index (χ4v) is 2.15. The van der Waals surface area contributed by atoms with E-state index in [9.17, 15) is 27.5 Å². The second-order valence-corrected chi connectivity index (χ2v) is 5.27. The Bertz CT molecular complexity index is 874. The molecule has 0 unspecified atom stereocenters. The van der Waals surface area contributed by atoms with Crippen LogP contribution in [-0.2, 0) is 15.7 Å². The Balaban J connectivity index is 2.53. The molecular formula is C19H15F4NO3. The summed E-state index contributed by atoms with van der Waals surface area (Å²) in [6.07, 6.45) is -4.08. The zero-order chi connectivity index (χ0) is 20.0. The van der Waals surface area contributed by atoms with Crippen LogP contribution in [0.5, 0.6) is 0 Å². The first kappa shape index (κ1) is 20.2. The number of aliphatic hydroxyl groups is 1. The molecule has 142 valence electrons. The fourth-order valence-electron chi connectivity index (χ4n) is 2.15. The van der Waals surface area contributed by atoms with Gasteiger partial charge in [0, 0.05) is 11.8 Å². The average molecular weight is 381 g/mol. The predicted molar refractivity (Wildman–Crippen MR) is 92.2 cm³/mol. The number of carbonyl (C=O) groups is 1. The van der Waals surface area contributed by atoms with E-state index in [1.165, 1.54) is 19.1 Å². The van der Waals surface area contributed by atoms with E-state index in [4.69, 9.17) is 4.74 Å². The van der Waals surface area contributed by atoms with E-state index in [0.29, 0.717) is 6.07 Å². The van der Waals surface area contributed by atoms with Gasteiger partial charge in [-0.1, -0.05) is 30.3 Å². The van der Waals surface area contributed by atoms with Gasteiger partial charge in [0.25, 0.3) is 0 Å². The summed E-state index contributed by atoms with van der Waals surface area (Å²) >= 11 is 0. The summed E-state index contributed by atoms with van der Waals surface area (Å²) in [6, 6.07) is 9.84. The normalized spacial score (nSPS) is 12.8. The number of halogens is 4. The molecule has 0 aliphatic rings. The van der Waals surface area contributed by atoms with Crippen LogP contribution in [0, 0.1) is 5.82 Å². The second-order valence-electron chi connectivity index (χ2n) is 5.27. The van der Waals surface area contributed by atoms with E-state index in [0.717, 1.165) is 18.3 Å². The number of carbonyl (C=O) groups excluding carboxylic acids is 1. The van der Waals surface area contributed by atoms with Gasteiger partial charge in [0.15, 0.2) is 0 Å². The topological polar surface area (TPSA) is 58.9 Å². The van der Waals surface area contributed by atoms with Crippen LogP contribution in [0.2, 0.25) is 0 Å². The molecule has 8 heteroatoms. The lowest BCUT2D eigenvalue weighted by Gasteiger charge is -2.10. The molecule has 0 atom stereocenters. The molecule has 0 spiro atoms. The van der Waals surface area contributed by atoms with Crippen LogP contribution in [0.3, 0.4) is 0 Å². The molecule has 4 nitrogen and oxygen atoms in total. The lowest BCUT2D eigenvalue weighted by Crippen LogP contribution is -2.11. The maximum absolute atomic E-state index is 13.2. The number of nitrogens with zero attached hydrogens (tertiary/aromatic N) is 1. The van der Waals surface area contributed by atoms with Gasteiger partial charge in [-0.3, -0.25) is 4.99 Å². The molecule has 1 N–H and O–H groups in total.